The van der Waals surface area contributed by atoms with Crippen molar-refractivity contribution in [1.29, 1.82) is 0 Å². The molecular formula is C16H20O2. The van der Waals surface area contributed by atoms with Gasteiger partial charge in [0.1, 0.15) is 0 Å². The molecule has 0 aliphatic heterocycles. The number of hydrogen-bond acceptors (Lipinski definition) is 1. The van der Waals surface area contributed by atoms with Gasteiger partial charge < -0.3 is 5.11 Å². The van der Waals surface area contributed by atoms with Crippen LogP contribution < -0.4 is 0 Å². The molecule has 1 aromatic carbocycles. The lowest BCUT2D eigenvalue weighted by atomic mass is 10.2. The van der Waals surface area contributed by atoms with Crippen molar-refractivity contribution in [2.24, 2.45) is 0 Å². The molecule has 0 atom stereocenters. The van der Waals surface area contributed by atoms with Crippen molar-refractivity contribution >= 4 is 12.0 Å². The van der Waals surface area contributed by atoms with Gasteiger partial charge in [-0.2, -0.15) is 0 Å². The van der Waals surface area contributed by atoms with Gasteiger partial charge in [0.05, 0.1) is 6.42 Å². The molecular weight excluding hydrogens is 224 g/mol. The van der Waals surface area contributed by atoms with Gasteiger partial charge in [0, 0.05) is 0 Å². The van der Waals surface area contributed by atoms with Crippen LogP contribution in [0, 0.1) is 0 Å². The molecule has 0 fully saturated rings. The Morgan fingerprint density at radius 1 is 1.06 bits per heavy atom. The van der Waals surface area contributed by atoms with Crippen molar-refractivity contribution in [3.05, 3.63) is 80.4 Å². The van der Waals surface area contributed by atoms with Crippen molar-refractivity contribution in [3.63, 3.8) is 0 Å². The van der Waals surface area contributed by atoms with Gasteiger partial charge in [-0.15, -0.1) is 6.58 Å². The van der Waals surface area contributed by atoms with E-state index in [1.807, 2.05) is 36.4 Å². The number of allylic oxidation sites excluding steroid dienone is 2. The number of aliphatic carboxylic acids is 1. The van der Waals surface area contributed by atoms with Crippen LogP contribution in [0.4, 0.5) is 0 Å². The average Bonchev–Trinajstić information content (AvgIpc) is 2.40. The SMILES string of the molecule is C=CC=C.C=CCC(=O)O.C=Cc1ccccc1. The highest BCUT2D eigenvalue weighted by atomic mass is 16.4. The van der Waals surface area contributed by atoms with Gasteiger partial charge in [-0.3, -0.25) is 4.79 Å². The highest BCUT2D eigenvalue weighted by Gasteiger charge is 1.84. The second-order valence-electron chi connectivity index (χ2n) is 2.97. The van der Waals surface area contributed by atoms with Crippen LogP contribution in [-0.2, 0) is 4.79 Å². The molecule has 0 amide bonds. The van der Waals surface area contributed by atoms with E-state index >= 15 is 0 Å². The lowest BCUT2D eigenvalue weighted by molar-refractivity contribution is -0.135. The Bertz CT molecular complexity index is 358. The lowest BCUT2D eigenvalue weighted by Crippen LogP contribution is -1.88. The lowest BCUT2D eigenvalue weighted by Gasteiger charge is -1.85. The van der Waals surface area contributed by atoms with Crippen molar-refractivity contribution in [1.82, 2.24) is 0 Å². The molecule has 0 saturated carbocycles. The van der Waals surface area contributed by atoms with E-state index in [2.05, 4.69) is 26.3 Å². The van der Waals surface area contributed by atoms with E-state index in [-0.39, 0.29) is 6.42 Å². The molecule has 0 heterocycles. The maximum Gasteiger partial charge on any atom is 0.307 e. The Hall–Kier alpha value is -2.35. The fourth-order valence-corrected chi connectivity index (χ4v) is 0.713. The number of carboxylic acids is 1. The maximum atomic E-state index is 9.53. The van der Waals surface area contributed by atoms with Gasteiger partial charge in [0.2, 0.25) is 0 Å². The van der Waals surface area contributed by atoms with Gasteiger partial charge in [-0.25, -0.2) is 0 Å². The van der Waals surface area contributed by atoms with Crippen LogP contribution in [0.1, 0.15) is 12.0 Å². The zero-order valence-electron chi connectivity index (χ0n) is 10.6. The molecule has 0 aliphatic carbocycles. The summed E-state index contributed by atoms with van der Waals surface area (Å²) in [6.45, 7) is 13.6. The standard InChI is InChI=1S/C8H8.C4H6O2.C4H6/c1-2-8-6-4-3-5-7-8;1-2-3-4(5)6;1-3-4-2/h2-7H,1H2;2H,1,3H2,(H,5,6);3-4H,1-2H2. The highest BCUT2D eigenvalue weighted by molar-refractivity contribution is 5.68. The van der Waals surface area contributed by atoms with Crippen LogP contribution >= 0.6 is 0 Å². The summed E-state index contributed by atoms with van der Waals surface area (Å²) in [6, 6.07) is 10.0. The summed E-state index contributed by atoms with van der Waals surface area (Å²) in [6.07, 6.45) is 6.52. The molecule has 1 aromatic rings. The minimum atomic E-state index is -0.829. The number of hydrogen-bond donors (Lipinski definition) is 1. The molecule has 18 heavy (non-hydrogen) atoms. The van der Waals surface area contributed by atoms with Gasteiger partial charge in [0.15, 0.2) is 0 Å². The molecule has 0 saturated heterocycles. The van der Waals surface area contributed by atoms with Gasteiger partial charge in [-0.05, 0) is 5.56 Å². The predicted octanol–water partition coefficient (Wildman–Crippen LogP) is 4.34. The van der Waals surface area contributed by atoms with Crippen LogP contribution in [0.3, 0.4) is 0 Å². The topological polar surface area (TPSA) is 37.3 Å². The molecule has 0 unspecified atom stereocenters. The van der Waals surface area contributed by atoms with Gasteiger partial charge in [-0.1, -0.05) is 74.4 Å². The predicted molar refractivity (Wildman–Crippen MR) is 79.4 cm³/mol. The number of carbonyl (C=O) groups is 1. The fraction of sp³-hybridized carbons (Fsp3) is 0.0625. The van der Waals surface area contributed by atoms with Crippen LogP contribution in [0.2, 0.25) is 0 Å². The first-order valence-electron chi connectivity index (χ1n) is 5.36. The van der Waals surface area contributed by atoms with E-state index < -0.39 is 5.97 Å². The Morgan fingerprint density at radius 3 is 1.72 bits per heavy atom. The van der Waals surface area contributed by atoms with Crippen LogP contribution in [0.15, 0.2) is 74.9 Å². The first kappa shape index (κ1) is 18.0. The highest BCUT2D eigenvalue weighted by Crippen LogP contribution is 1.97. The Kier molecular flexibility index (Phi) is 14.7. The summed E-state index contributed by atoms with van der Waals surface area (Å²) in [4.78, 5) is 9.53. The van der Waals surface area contributed by atoms with E-state index in [0.29, 0.717) is 0 Å². The smallest absolute Gasteiger partial charge is 0.307 e. The number of carboxylic acid groups (broad SMARTS) is 1. The summed E-state index contributed by atoms with van der Waals surface area (Å²) < 4.78 is 0. The van der Waals surface area contributed by atoms with Crippen molar-refractivity contribution < 1.29 is 9.90 Å². The normalized spacial score (nSPS) is 7.33. The molecule has 2 nitrogen and oxygen atoms in total. The molecule has 1 rings (SSSR count). The Labute approximate surface area is 109 Å². The summed E-state index contributed by atoms with van der Waals surface area (Å²) in [7, 11) is 0. The van der Waals surface area contributed by atoms with E-state index in [9.17, 15) is 4.79 Å². The first-order valence-corrected chi connectivity index (χ1v) is 5.36. The largest absolute Gasteiger partial charge is 0.481 e. The molecule has 0 radical (unpaired) electrons. The zero-order valence-corrected chi connectivity index (χ0v) is 10.6. The van der Waals surface area contributed by atoms with E-state index in [1.165, 1.54) is 11.6 Å². The molecule has 0 bridgehead atoms. The van der Waals surface area contributed by atoms with Crippen molar-refractivity contribution in [3.8, 4) is 0 Å². The van der Waals surface area contributed by atoms with Crippen LogP contribution in [-0.4, -0.2) is 11.1 Å². The van der Waals surface area contributed by atoms with Gasteiger partial charge >= 0.3 is 5.97 Å². The van der Waals surface area contributed by atoms with Crippen LogP contribution in [0.25, 0.3) is 6.08 Å². The second-order valence-corrected chi connectivity index (χ2v) is 2.97. The minimum absolute atomic E-state index is 0.0556. The minimum Gasteiger partial charge on any atom is -0.481 e. The fourth-order valence-electron chi connectivity index (χ4n) is 0.713. The summed E-state index contributed by atoms with van der Waals surface area (Å²) in [5, 5.41) is 7.84. The second kappa shape index (κ2) is 14.6. The van der Waals surface area contributed by atoms with E-state index in [0.717, 1.165) is 0 Å². The van der Waals surface area contributed by atoms with Crippen molar-refractivity contribution in [2.45, 2.75) is 6.42 Å². The van der Waals surface area contributed by atoms with E-state index in [1.54, 1.807) is 12.2 Å². The summed E-state index contributed by atoms with van der Waals surface area (Å²) in [5.74, 6) is -0.829. The van der Waals surface area contributed by atoms with Gasteiger partial charge in [0.25, 0.3) is 0 Å². The third-order valence-corrected chi connectivity index (χ3v) is 1.52. The third-order valence-electron chi connectivity index (χ3n) is 1.52. The molecule has 0 spiro atoms. The Balaban J connectivity index is 0. The maximum absolute atomic E-state index is 9.53. The average molecular weight is 244 g/mol. The summed E-state index contributed by atoms with van der Waals surface area (Å²) >= 11 is 0. The first-order chi connectivity index (χ1) is 8.62. The van der Waals surface area contributed by atoms with Crippen LogP contribution in [0.5, 0.6) is 0 Å². The number of rotatable bonds is 4. The summed E-state index contributed by atoms with van der Waals surface area (Å²) in [5.41, 5.74) is 1.17. The quantitative estimate of drug-likeness (QED) is 0.632. The third kappa shape index (κ3) is 16.1. The molecule has 1 N–H and O–H groups in total. The molecule has 96 valence electrons. The van der Waals surface area contributed by atoms with Crippen molar-refractivity contribution in [2.75, 3.05) is 0 Å². The Morgan fingerprint density at radius 2 is 1.56 bits per heavy atom. The monoisotopic (exact) mass is 244 g/mol. The molecule has 0 aromatic heterocycles. The zero-order chi connectivity index (χ0) is 14.2. The number of benzene rings is 1. The molecule has 0 aliphatic rings. The molecule has 2 heteroatoms. The van der Waals surface area contributed by atoms with E-state index in [4.69, 9.17) is 5.11 Å².